The van der Waals surface area contributed by atoms with Gasteiger partial charge >= 0.3 is 0 Å². The largest absolute Gasteiger partial charge is 0.311 e. The van der Waals surface area contributed by atoms with E-state index in [0.29, 0.717) is 6.42 Å². The summed E-state index contributed by atoms with van der Waals surface area (Å²) >= 11 is 0. The number of anilines is 1. The van der Waals surface area contributed by atoms with Crippen LogP contribution in [0.5, 0.6) is 0 Å². The summed E-state index contributed by atoms with van der Waals surface area (Å²) in [6.07, 6.45) is 2.37. The molecule has 1 atom stereocenters. The van der Waals surface area contributed by atoms with E-state index in [4.69, 9.17) is 0 Å². The Morgan fingerprint density at radius 2 is 1.91 bits per heavy atom. The van der Waals surface area contributed by atoms with E-state index in [1.807, 2.05) is 23.0 Å². The zero-order valence-corrected chi connectivity index (χ0v) is 13.3. The lowest BCUT2D eigenvalue weighted by Crippen LogP contribution is -2.25. The molecule has 0 saturated heterocycles. The molecule has 2 heterocycles. The number of amides is 1. The van der Waals surface area contributed by atoms with Gasteiger partial charge in [-0.2, -0.15) is 5.10 Å². The maximum absolute atomic E-state index is 12.3. The van der Waals surface area contributed by atoms with E-state index in [1.54, 1.807) is 0 Å². The first kappa shape index (κ1) is 14.0. The summed E-state index contributed by atoms with van der Waals surface area (Å²) in [5.74, 6) is 0.948. The lowest BCUT2D eigenvalue weighted by atomic mass is 9.84. The van der Waals surface area contributed by atoms with Crippen molar-refractivity contribution >= 4 is 22.5 Å². The Kier molecular flexibility index (Phi) is 3.18. The summed E-state index contributed by atoms with van der Waals surface area (Å²) in [5.41, 5.74) is 2.30. The van der Waals surface area contributed by atoms with Gasteiger partial charge in [0.25, 0.3) is 0 Å². The van der Waals surface area contributed by atoms with E-state index >= 15 is 0 Å². The number of hydrogen-bond donors (Lipinski definition) is 1. The van der Waals surface area contributed by atoms with Crippen molar-refractivity contribution < 1.29 is 4.79 Å². The molecule has 4 nitrogen and oxygen atoms in total. The Morgan fingerprint density at radius 3 is 2.74 bits per heavy atom. The first-order chi connectivity index (χ1) is 11.1. The number of carbonyl (C=O) groups excluding carboxylic acids is 1. The Labute approximate surface area is 135 Å². The van der Waals surface area contributed by atoms with Gasteiger partial charge in [0, 0.05) is 23.9 Å². The molecule has 2 aromatic carbocycles. The third-order valence-electron chi connectivity index (χ3n) is 4.53. The molecule has 4 rings (SSSR count). The summed E-state index contributed by atoms with van der Waals surface area (Å²) in [6, 6.07) is 14.9. The van der Waals surface area contributed by atoms with Crippen molar-refractivity contribution in [3.05, 3.63) is 59.8 Å². The van der Waals surface area contributed by atoms with Gasteiger partial charge in [0.2, 0.25) is 5.91 Å². The molecule has 1 N–H and O–H groups in total. The van der Waals surface area contributed by atoms with E-state index in [2.05, 4.69) is 54.6 Å². The lowest BCUT2D eigenvalue weighted by Gasteiger charge is -2.25. The molecule has 1 aliphatic rings. The molecule has 0 fully saturated rings. The number of benzene rings is 2. The highest BCUT2D eigenvalue weighted by Gasteiger charge is 2.31. The van der Waals surface area contributed by atoms with Crippen LogP contribution in [0.1, 0.15) is 43.4 Å². The van der Waals surface area contributed by atoms with E-state index in [0.717, 1.165) is 11.4 Å². The predicted molar refractivity (Wildman–Crippen MR) is 91.6 cm³/mol. The topological polar surface area (TPSA) is 46.9 Å². The summed E-state index contributed by atoms with van der Waals surface area (Å²) in [4.78, 5) is 12.3. The van der Waals surface area contributed by atoms with Gasteiger partial charge in [-0.25, -0.2) is 4.68 Å². The van der Waals surface area contributed by atoms with E-state index in [1.165, 1.54) is 16.3 Å². The average Bonchev–Trinajstić information content (AvgIpc) is 2.97. The van der Waals surface area contributed by atoms with Crippen LogP contribution in [0.4, 0.5) is 5.82 Å². The number of carbonyl (C=O) groups is 1. The number of rotatable bonds is 2. The van der Waals surface area contributed by atoms with Gasteiger partial charge in [0.1, 0.15) is 5.82 Å². The molecule has 0 saturated carbocycles. The van der Waals surface area contributed by atoms with Crippen molar-refractivity contribution in [2.24, 2.45) is 0 Å². The molecule has 0 radical (unpaired) electrons. The fraction of sp³-hybridized carbons (Fsp3) is 0.263. The molecular formula is C19H19N3O. The Balaban J connectivity index is 1.91. The normalized spacial score (nSPS) is 17.3. The molecule has 0 unspecified atom stereocenters. The van der Waals surface area contributed by atoms with Crippen LogP contribution >= 0.6 is 0 Å². The van der Waals surface area contributed by atoms with E-state index in [9.17, 15) is 4.79 Å². The standard InChI is InChI=1S/C19H19N3O/c1-12(2)22-19-17(11-20-22)16(10-18(23)21-19)15-9-5-7-13-6-3-4-8-14(13)15/h3-9,11-12,16H,10H2,1-2H3,(H,21,23)/t16-/m0/s1. The van der Waals surface area contributed by atoms with Crippen LogP contribution in [0.25, 0.3) is 10.8 Å². The van der Waals surface area contributed by atoms with Crippen LogP contribution in [0.15, 0.2) is 48.7 Å². The summed E-state index contributed by atoms with van der Waals surface area (Å²) < 4.78 is 1.89. The van der Waals surface area contributed by atoms with Gasteiger partial charge in [0.05, 0.1) is 6.20 Å². The highest BCUT2D eigenvalue weighted by molar-refractivity contribution is 5.96. The second-order valence-electron chi connectivity index (χ2n) is 6.36. The van der Waals surface area contributed by atoms with Crippen LogP contribution < -0.4 is 5.32 Å². The summed E-state index contributed by atoms with van der Waals surface area (Å²) in [7, 11) is 0. The summed E-state index contributed by atoms with van der Waals surface area (Å²) in [5, 5.41) is 9.90. The SMILES string of the molecule is CC(C)n1ncc2c1NC(=O)C[C@H]2c1cccc2ccccc12. The van der Waals surface area contributed by atoms with Crippen LogP contribution in [-0.4, -0.2) is 15.7 Å². The van der Waals surface area contributed by atoms with Gasteiger partial charge in [-0.3, -0.25) is 4.79 Å². The molecule has 23 heavy (non-hydrogen) atoms. The first-order valence-corrected chi connectivity index (χ1v) is 8.00. The fourth-order valence-corrected chi connectivity index (χ4v) is 3.46. The second kappa shape index (κ2) is 5.23. The number of fused-ring (bicyclic) bond motifs is 2. The predicted octanol–water partition coefficient (Wildman–Crippen LogP) is 4.09. The maximum atomic E-state index is 12.3. The van der Waals surface area contributed by atoms with Gasteiger partial charge in [-0.1, -0.05) is 42.5 Å². The van der Waals surface area contributed by atoms with Crippen molar-refractivity contribution in [1.82, 2.24) is 9.78 Å². The Bertz CT molecular complexity index is 889. The molecule has 1 aromatic heterocycles. The van der Waals surface area contributed by atoms with Crippen LogP contribution in [-0.2, 0) is 4.79 Å². The number of nitrogens with zero attached hydrogens (tertiary/aromatic N) is 2. The van der Waals surface area contributed by atoms with Gasteiger partial charge in [-0.15, -0.1) is 0 Å². The van der Waals surface area contributed by atoms with E-state index < -0.39 is 0 Å². The zero-order chi connectivity index (χ0) is 16.0. The molecule has 0 aliphatic carbocycles. The van der Waals surface area contributed by atoms with Crippen molar-refractivity contribution in [3.8, 4) is 0 Å². The first-order valence-electron chi connectivity index (χ1n) is 8.00. The number of aromatic nitrogens is 2. The molecular weight excluding hydrogens is 286 g/mol. The molecule has 0 bridgehead atoms. The minimum absolute atomic E-state index is 0.0531. The lowest BCUT2D eigenvalue weighted by molar-refractivity contribution is -0.116. The molecule has 0 spiro atoms. The van der Waals surface area contributed by atoms with Gasteiger partial charge in [-0.05, 0) is 30.2 Å². The second-order valence-corrected chi connectivity index (χ2v) is 6.36. The average molecular weight is 305 g/mol. The van der Waals surface area contributed by atoms with Gasteiger partial charge < -0.3 is 5.32 Å². The Hall–Kier alpha value is -2.62. The van der Waals surface area contributed by atoms with Crippen LogP contribution in [0, 0.1) is 0 Å². The highest BCUT2D eigenvalue weighted by Crippen LogP contribution is 2.40. The summed E-state index contributed by atoms with van der Waals surface area (Å²) in [6.45, 7) is 4.14. The van der Waals surface area contributed by atoms with Crippen LogP contribution in [0.3, 0.4) is 0 Å². The maximum Gasteiger partial charge on any atom is 0.226 e. The van der Waals surface area contributed by atoms with E-state index in [-0.39, 0.29) is 17.9 Å². The van der Waals surface area contributed by atoms with Crippen molar-refractivity contribution in [1.29, 1.82) is 0 Å². The van der Waals surface area contributed by atoms with Gasteiger partial charge in [0.15, 0.2) is 0 Å². The molecule has 1 amide bonds. The highest BCUT2D eigenvalue weighted by atomic mass is 16.1. The zero-order valence-electron chi connectivity index (χ0n) is 13.3. The van der Waals surface area contributed by atoms with Crippen molar-refractivity contribution in [2.75, 3.05) is 5.32 Å². The molecule has 1 aliphatic heterocycles. The number of nitrogens with one attached hydrogen (secondary N) is 1. The molecule has 4 heteroatoms. The third-order valence-corrected chi connectivity index (χ3v) is 4.53. The van der Waals surface area contributed by atoms with Crippen molar-refractivity contribution in [2.45, 2.75) is 32.2 Å². The Morgan fingerprint density at radius 1 is 1.13 bits per heavy atom. The number of hydrogen-bond acceptors (Lipinski definition) is 2. The van der Waals surface area contributed by atoms with Crippen molar-refractivity contribution in [3.63, 3.8) is 0 Å². The fourth-order valence-electron chi connectivity index (χ4n) is 3.46. The smallest absolute Gasteiger partial charge is 0.226 e. The minimum Gasteiger partial charge on any atom is -0.311 e. The molecule has 3 aromatic rings. The minimum atomic E-state index is 0.0531. The molecule has 116 valence electrons. The third kappa shape index (κ3) is 2.22. The monoisotopic (exact) mass is 305 g/mol. The quantitative estimate of drug-likeness (QED) is 0.775. The van der Waals surface area contributed by atoms with Crippen LogP contribution in [0.2, 0.25) is 0 Å².